The van der Waals surface area contributed by atoms with E-state index in [9.17, 15) is 15.1 Å². The molecule has 3 aromatic carbocycles. The van der Waals surface area contributed by atoms with Gasteiger partial charge in [0.05, 0.1) is 20.8 Å². The number of hydrogen-bond acceptors (Lipinski definition) is 7. The zero-order valence-electron chi connectivity index (χ0n) is 17.3. The van der Waals surface area contributed by atoms with Crippen molar-refractivity contribution in [2.75, 3.05) is 25.7 Å². The van der Waals surface area contributed by atoms with Gasteiger partial charge in [-0.25, -0.2) is 0 Å². The Balaban J connectivity index is 1.97. The lowest BCUT2D eigenvalue weighted by Crippen LogP contribution is -2.22. The van der Waals surface area contributed by atoms with Crippen molar-refractivity contribution in [2.24, 2.45) is 5.18 Å². The summed E-state index contributed by atoms with van der Waals surface area (Å²) in [4.78, 5) is 13.5. The molecule has 2 N–H and O–H groups in total. The molecule has 3 aromatic rings. The van der Waals surface area contributed by atoms with Crippen LogP contribution in [0.3, 0.4) is 0 Å². The molecule has 0 radical (unpaired) electrons. The maximum absolute atomic E-state index is 11.7. The van der Waals surface area contributed by atoms with Crippen molar-refractivity contribution >= 4 is 11.8 Å². The molecule has 0 aliphatic heterocycles. The fourth-order valence-electron chi connectivity index (χ4n) is 3.05. The quantitative estimate of drug-likeness (QED) is 0.468. The van der Waals surface area contributed by atoms with Crippen LogP contribution in [0.4, 0.5) is 5.69 Å². The van der Waals surface area contributed by atoms with Crippen LogP contribution in [0.5, 0.6) is 23.0 Å². The van der Waals surface area contributed by atoms with Crippen LogP contribution < -0.4 is 14.4 Å². The van der Waals surface area contributed by atoms with E-state index >= 15 is 0 Å². The topological polar surface area (TPSA) is 91.6 Å². The van der Waals surface area contributed by atoms with Gasteiger partial charge in [0.25, 0.3) is 0 Å². The Bertz CT molecular complexity index is 1010. The molecule has 0 aliphatic rings. The minimum absolute atomic E-state index is 0.120. The van der Waals surface area contributed by atoms with Crippen LogP contribution in [-0.2, 0) is 0 Å². The number of benzene rings is 3. The van der Waals surface area contributed by atoms with Crippen molar-refractivity contribution in [3.63, 3.8) is 0 Å². The number of anilines is 1. The molecule has 7 nitrogen and oxygen atoms in total. The van der Waals surface area contributed by atoms with Crippen molar-refractivity contribution in [1.29, 1.82) is 0 Å². The minimum Gasteiger partial charge on any atom is -0.508 e. The van der Waals surface area contributed by atoms with Crippen molar-refractivity contribution in [3.8, 4) is 23.0 Å². The normalized spacial score (nSPS) is 11.8. The smallest absolute Gasteiger partial charge is 0.135 e. The monoisotopic (exact) mass is 420 g/mol. The van der Waals surface area contributed by atoms with Gasteiger partial charge in [0, 0.05) is 30.1 Å². The van der Waals surface area contributed by atoms with Crippen LogP contribution >= 0.6 is 0 Å². The fraction of sp³-hybridized carbons (Fsp3) is 0.167. The van der Waals surface area contributed by atoms with E-state index < -0.39 is 6.04 Å². The first-order valence-electron chi connectivity index (χ1n) is 9.60. The molecular weight excluding hydrogens is 396 g/mol. The number of hydrogen-bond donors (Lipinski definition) is 2. The van der Waals surface area contributed by atoms with E-state index in [4.69, 9.17) is 9.47 Å². The molecular formula is C24H24N2O5. The summed E-state index contributed by atoms with van der Waals surface area (Å²) in [5.41, 5.74) is 2.31. The molecule has 0 aliphatic carbocycles. The number of rotatable bonds is 9. The Labute approximate surface area is 180 Å². The zero-order chi connectivity index (χ0) is 22.2. The third-order valence-electron chi connectivity index (χ3n) is 4.78. The Morgan fingerprint density at radius 3 is 1.97 bits per heavy atom. The Kier molecular flexibility index (Phi) is 7.11. The van der Waals surface area contributed by atoms with Gasteiger partial charge in [-0.1, -0.05) is 29.4 Å². The second-order valence-electron chi connectivity index (χ2n) is 6.84. The zero-order valence-corrected chi connectivity index (χ0v) is 17.3. The number of methoxy groups -OCH3 is 2. The van der Waals surface area contributed by atoms with Crippen LogP contribution in [0.25, 0.3) is 6.08 Å². The van der Waals surface area contributed by atoms with Gasteiger partial charge < -0.3 is 24.6 Å². The number of nitroso groups, excluding NO2 is 1. The van der Waals surface area contributed by atoms with E-state index in [0.29, 0.717) is 17.1 Å². The van der Waals surface area contributed by atoms with Crippen LogP contribution in [0.15, 0.2) is 78.1 Å². The molecule has 1 atom stereocenters. The van der Waals surface area contributed by atoms with E-state index in [2.05, 4.69) is 5.18 Å². The van der Waals surface area contributed by atoms with E-state index in [1.165, 1.54) is 12.1 Å². The van der Waals surface area contributed by atoms with E-state index in [1.807, 2.05) is 29.3 Å². The second kappa shape index (κ2) is 10.2. The molecule has 160 valence electrons. The third-order valence-corrected chi connectivity index (χ3v) is 4.78. The van der Waals surface area contributed by atoms with Crippen molar-refractivity contribution in [3.05, 3.63) is 89.0 Å². The third kappa shape index (κ3) is 5.76. The highest BCUT2D eigenvalue weighted by Gasteiger charge is 2.18. The second-order valence-corrected chi connectivity index (χ2v) is 6.84. The molecule has 1 unspecified atom stereocenters. The average molecular weight is 420 g/mol. The lowest BCUT2D eigenvalue weighted by atomic mass is 10.1. The molecule has 7 heteroatoms. The largest absolute Gasteiger partial charge is 0.508 e. The molecule has 3 rings (SSSR count). The summed E-state index contributed by atoms with van der Waals surface area (Å²) in [5.74, 6) is 1.52. The van der Waals surface area contributed by atoms with Gasteiger partial charge in [-0.05, 0) is 41.5 Å². The minimum atomic E-state index is -0.678. The van der Waals surface area contributed by atoms with Gasteiger partial charge in [-0.3, -0.25) is 0 Å². The summed E-state index contributed by atoms with van der Waals surface area (Å²) >= 11 is 0. The first-order valence-corrected chi connectivity index (χ1v) is 9.60. The maximum Gasteiger partial charge on any atom is 0.135 e. The highest BCUT2D eigenvalue weighted by atomic mass is 16.5. The summed E-state index contributed by atoms with van der Waals surface area (Å²) in [6, 6.07) is 17.9. The average Bonchev–Trinajstić information content (AvgIpc) is 2.80. The number of nitrogens with zero attached hydrogens (tertiary/aromatic N) is 2. The first kappa shape index (κ1) is 21.7. The number of phenolic OH excluding ortho intramolecular Hbond substituents is 2. The lowest BCUT2D eigenvalue weighted by molar-refractivity contribution is 0.394. The Morgan fingerprint density at radius 1 is 0.903 bits per heavy atom. The summed E-state index contributed by atoms with van der Waals surface area (Å²) < 4.78 is 10.8. The predicted octanol–water partition coefficient (Wildman–Crippen LogP) is 5.10. The summed E-state index contributed by atoms with van der Waals surface area (Å²) in [5, 5.41) is 22.3. The fourth-order valence-corrected chi connectivity index (χ4v) is 3.05. The molecule has 0 fully saturated rings. The molecule has 31 heavy (non-hydrogen) atoms. The number of ether oxygens (including phenoxy) is 2. The molecule has 0 saturated carbocycles. The lowest BCUT2D eigenvalue weighted by Gasteiger charge is -2.24. The summed E-state index contributed by atoms with van der Waals surface area (Å²) in [7, 11) is 3.14. The number of aromatic hydroxyl groups is 2. The van der Waals surface area contributed by atoms with Gasteiger partial charge in [-0.15, -0.1) is 0 Å². The highest BCUT2D eigenvalue weighted by Crippen LogP contribution is 2.31. The van der Waals surface area contributed by atoms with Gasteiger partial charge in [0.2, 0.25) is 0 Å². The SMILES string of the molecule is COc1cc(OC)cc(N(C=Cc2ccc(O)cc2)CC(N=O)c2ccc(O)cc2)c1. The molecule has 0 spiro atoms. The first-order chi connectivity index (χ1) is 15.0. The van der Waals surface area contributed by atoms with Crippen molar-refractivity contribution in [1.82, 2.24) is 0 Å². The Morgan fingerprint density at radius 2 is 1.45 bits per heavy atom. The summed E-state index contributed by atoms with van der Waals surface area (Å²) in [6.45, 7) is 0.249. The van der Waals surface area contributed by atoms with Crippen molar-refractivity contribution < 1.29 is 19.7 Å². The standard InChI is InChI=1S/C24H24N2O5/c1-30-22-13-19(14-23(15-22)31-2)26(12-11-17-3-7-20(27)8-4-17)16-24(25-29)18-5-9-21(28)10-6-18/h3-15,24,27-28H,16H2,1-2H3. The molecule has 0 amide bonds. The molecule has 0 heterocycles. The molecule has 0 aromatic heterocycles. The van der Waals surface area contributed by atoms with Crippen LogP contribution in [0, 0.1) is 4.91 Å². The Hall–Kier alpha value is -4.00. The maximum atomic E-state index is 11.7. The predicted molar refractivity (Wildman–Crippen MR) is 121 cm³/mol. The van der Waals surface area contributed by atoms with Gasteiger partial charge in [0.15, 0.2) is 0 Å². The van der Waals surface area contributed by atoms with Crippen molar-refractivity contribution in [2.45, 2.75) is 6.04 Å². The van der Waals surface area contributed by atoms with Gasteiger partial charge in [0.1, 0.15) is 29.0 Å². The van der Waals surface area contributed by atoms with E-state index in [0.717, 1.165) is 11.3 Å². The van der Waals surface area contributed by atoms with Crippen LogP contribution in [0.1, 0.15) is 17.2 Å². The molecule has 0 bridgehead atoms. The van der Waals surface area contributed by atoms with Gasteiger partial charge in [-0.2, -0.15) is 4.91 Å². The molecule has 0 saturated heterocycles. The van der Waals surface area contributed by atoms with Crippen LogP contribution in [-0.4, -0.2) is 31.0 Å². The van der Waals surface area contributed by atoms with Crippen LogP contribution in [0.2, 0.25) is 0 Å². The highest BCUT2D eigenvalue weighted by molar-refractivity contribution is 5.62. The van der Waals surface area contributed by atoms with E-state index in [-0.39, 0.29) is 18.0 Å². The van der Waals surface area contributed by atoms with E-state index in [1.54, 1.807) is 56.7 Å². The summed E-state index contributed by atoms with van der Waals surface area (Å²) in [6.07, 6.45) is 3.70. The van der Waals surface area contributed by atoms with Gasteiger partial charge >= 0.3 is 0 Å². The number of phenols is 2.